The van der Waals surface area contributed by atoms with Gasteiger partial charge < -0.3 is 16.3 Å². The van der Waals surface area contributed by atoms with E-state index >= 15 is 0 Å². The molecular weight excluding hydrogens is 293 g/mol. The van der Waals surface area contributed by atoms with Crippen LogP contribution in [0.2, 0.25) is 0 Å². The maximum atomic E-state index is 12.8. The van der Waals surface area contributed by atoms with Crippen molar-refractivity contribution in [3.8, 4) is 0 Å². The number of oxime groups is 1. The highest BCUT2D eigenvalue weighted by molar-refractivity contribution is 9.10. The number of halogens is 2. The maximum absolute atomic E-state index is 12.8. The van der Waals surface area contributed by atoms with Crippen LogP contribution in [0.25, 0.3) is 0 Å². The van der Waals surface area contributed by atoms with Crippen LogP contribution in [0, 0.1) is 5.82 Å². The van der Waals surface area contributed by atoms with Crippen molar-refractivity contribution in [2.24, 2.45) is 10.9 Å². The average Bonchev–Trinajstić information content (AvgIpc) is 2.28. The number of nitrogens with one attached hydrogen (secondary N) is 1. The van der Waals surface area contributed by atoms with Crippen molar-refractivity contribution < 1.29 is 14.4 Å². The van der Waals surface area contributed by atoms with Crippen LogP contribution in [0.5, 0.6) is 0 Å². The lowest BCUT2D eigenvalue weighted by atomic mass is 10.2. The van der Waals surface area contributed by atoms with Gasteiger partial charge in [-0.05, 0) is 34.1 Å². The second-order valence-corrected chi connectivity index (χ2v) is 4.08. The van der Waals surface area contributed by atoms with E-state index in [1.807, 2.05) is 0 Å². The van der Waals surface area contributed by atoms with Gasteiger partial charge in [-0.3, -0.25) is 4.79 Å². The fourth-order valence-electron chi connectivity index (χ4n) is 1.12. The van der Waals surface area contributed by atoms with Crippen molar-refractivity contribution in [3.63, 3.8) is 0 Å². The molecule has 0 fully saturated rings. The minimum absolute atomic E-state index is 0.0310. The lowest BCUT2D eigenvalue weighted by Crippen LogP contribution is -2.28. The van der Waals surface area contributed by atoms with Crippen LogP contribution in [0.4, 0.5) is 4.39 Å². The van der Waals surface area contributed by atoms with Gasteiger partial charge in [0.1, 0.15) is 11.7 Å². The molecule has 0 radical (unpaired) electrons. The summed E-state index contributed by atoms with van der Waals surface area (Å²) in [5.74, 6) is -0.754. The van der Waals surface area contributed by atoms with E-state index in [1.54, 1.807) is 0 Å². The first-order valence-electron chi connectivity index (χ1n) is 4.74. The third kappa shape index (κ3) is 4.03. The Morgan fingerprint density at radius 1 is 1.59 bits per heavy atom. The summed E-state index contributed by atoms with van der Waals surface area (Å²) in [7, 11) is 0. The van der Waals surface area contributed by atoms with Gasteiger partial charge in [0, 0.05) is 17.4 Å². The first-order chi connectivity index (χ1) is 8.04. The highest BCUT2D eigenvalue weighted by atomic mass is 79.9. The Kier molecular flexibility index (Phi) is 4.89. The lowest BCUT2D eigenvalue weighted by Gasteiger charge is -2.06. The first-order valence-corrected chi connectivity index (χ1v) is 5.53. The Bertz CT molecular complexity index is 451. The van der Waals surface area contributed by atoms with Crippen LogP contribution < -0.4 is 11.1 Å². The van der Waals surface area contributed by atoms with E-state index in [0.29, 0.717) is 10.0 Å². The molecule has 1 aromatic rings. The van der Waals surface area contributed by atoms with Gasteiger partial charge in [-0.1, -0.05) is 5.16 Å². The predicted octanol–water partition coefficient (Wildman–Crippen LogP) is 1.45. The molecule has 7 heteroatoms. The Morgan fingerprint density at radius 3 is 2.88 bits per heavy atom. The number of carbonyl (C=O) groups excluding carboxylic acids is 1. The Hall–Kier alpha value is -1.63. The molecule has 1 aromatic carbocycles. The van der Waals surface area contributed by atoms with Crippen molar-refractivity contribution in [2.45, 2.75) is 6.42 Å². The zero-order valence-electron chi connectivity index (χ0n) is 8.78. The molecule has 0 aromatic heterocycles. The second-order valence-electron chi connectivity index (χ2n) is 3.22. The third-order valence-electron chi connectivity index (χ3n) is 1.97. The average molecular weight is 304 g/mol. The topological polar surface area (TPSA) is 87.7 Å². The Morgan fingerprint density at radius 2 is 2.29 bits per heavy atom. The van der Waals surface area contributed by atoms with Gasteiger partial charge in [0.25, 0.3) is 5.91 Å². The van der Waals surface area contributed by atoms with E-state index < -0.39 is 5.82 Å². The highest BCUT2D eigenvalue weighted by Crippen LogP contribution is 2.17. The number of benzene rings is 1. The monoisotopic (exact) mass is 303 g/mol. The second kappa shape index (κ2) is 6.19. The van der Waals surface area contributed by atoms with Gasteiger partial charge in [0.15, 0.2) is 0 Å². The fourth-order valence-corrected chi connectivity index (χ4v) is 1.65. The molecule has 0 atom stereocenters. The molecule has 0 saturated heterocycles. The van der Waals surface area contributed by atoms with E-state index in [1.165, 1.54) is 18.2 Å². The normalized spacial score (nSPS) is 11.3. The first kappa shape index (κ1) is 13.4. The molecule has 0 aliphatic rings. The zero-order chi connectivity index (χ0) is 12.8. The lowest BCUT2D eigenvalue weighted by molar-refractivity contribution is 0.0954. The van der Waals surface area contributed by atoms with E-state index in [9.17, 15) is 9.18 Å². The molecule has 0 heterocycles. The summed E-state index contributed by atoms with van der Waals surface area (Å²) in [6.07, 6.45) is 0.237. The molecule has 0 saturated carbocycles. The molecule has 5 nitrogen and oxygen atoms in total. The molecule has 1 rings (SSSR count). The molecule has 0 unspecified atom stereocenters. The zero-order valence-corrected chi connectivity index (χ0v) is 10.4. The van der Waals surface area contributed by atoms with Gasteiger partial charge in [0.2, 0.25) is 0 Å². The minimum Gasteiger partial charge on any atom is -0.409 e. The quantitative estimate of drug-likeness (QED) is 0.340. The van der Waals surface area contributed by atoms with E-state index in [2.05, 4.69) is 26.4 Å². The molecule has 0 spiro atoms. The van der Waals surface area contributed by atoms with E-state index in [0.717, 1.165) is 0 Å². The number of nitrogens with zero attached hydrogens (tertiary/aromatic N) is 1. The molecule has 0 aliphatic carbocycles. The summed E-state index contributed by atoms with van der Waals surface area (Å²) in [6, 6.07) is 3.78. The van der Waals surface area contributed by atoms with Crippen molar-refractivity contribution >= 4 is 27.7 Å². The molecule has 0 aliphatic heterocycles. The van der Waals surface area contributed by atoms with Gasteiger partial charge in [-0.25, -0.2) is 4.39 Å². The van der Waals surface area contributed by atoms with Crippen LogP contribution in [-0.4, -0.2) is 23.5 Å². The standard InChI is InChI=1S/C10H11BrFN3O2/c11-8-5-6(12)1-2-7(8)10(16)14-4-3-9(13)15-17/h1-2,5,17H,3-4H2,(H2,13,15)(H,14,16). The summed E-state index contributed by atoms with van der Waals surface area (Å²) < 4.78 is 13.2. The molecule has 17 heavy (non-hydrogen) atoms. The van der Waals surface area contributed by atoms with Crippen LogP contribution >= 0.6 is 15.9 Å². The largest absolute Gasteiger partial charge is 0.409 e. The molecule has 1 amide bonds. The van der Waals surface area contributed by atoms with E-state index in [4.69, 9.17) is 10.9 Å². The Balaban J connectivity index is 2.58. The number of amidine groups is 1. The predicted molar refractivity (Wildman–Crippen MR) is 64.5 cm³/mol. The summed E-state index contributed by atoms with van der Waals surface area (Å²) in [6.45, 7) is 0.235. The van der Waals surface area contributed by atoms with Crippen molar-refractivity contribution in [3.05, 3.63) is 34.1 Å². The number of rotatable bonds is 4. The SMILES string of the molecule is NC(CCNC(=O)c1ccc(F)cc1Br)=NO. The van der Waals surface area contributed by atoms with Gasteiger partial charge in [0.05, 0.1) is 5.56 Å². The number of hydrogen-bond donors (Lipinski definition) is 3. The van der Waals surface area contributed by atoms with Crippen LogP contribution in [0.15, 0.2) is 27.8 Å². The van der Waals surface area contributed by atoms with E-state index in [-0.39, 0.29) is 24.7 Å². The van der Waals surface area contributed by atoms with Crippen molar-refractivity contribution in [2.75, 3.05) is 6.54 Å². The van der Waals surface area contributed by atoms with Gasteiger partial charge in [-0.15, -0.1) is 0 Å². The number of carbonyl (C=O) groups is 1. The molecular formula is C10H11BrFN3O2. The van der Waals surface area contributed by atoms with Gasteiger partial charge in [-0.2, -0.15) is 0 Å². The summed E-state index contributed by atoms with van der Waals surface area (Å²) >= 11 is 3.09. The smallest absolute Gasteiger partial charge is 0.252 e. The number of amides is 1. The highest BCUT2D eigenvalue weighted by Gasteiger charge is 2.10. The van der Waals surface area contributed by atoms with Crippen molar-refractivity contribution in [1.29, 1.82) is 0 Å². The number of hydrogen-bond acceptors (Lipinski definition) is 3. The third-order valence-corrected chi connectivity index (χ3v) is 2.63. The van der Waals surface area contributed by atoms with Gasteiger partial charge >= 0.3 is 0 Å². The van der Waals surface area contributed by atoms with Crippen molar-refractivity contribution in [1.82, 2.24) is 5.32 Å². The minimum atomic E-state index is -0.426. The fraction of sp³-hybridized carbons (Fsp3) is 0.200. The van der Waals surface area contributed by atoms with Crippen LogP contribution in [0.1, 0.15) is 16.8 Å². The number of nitrogens with two attached hydrogens (primary N) is 1. The Labute approximate surface area is 106 Å². The van der Waals surface area contributed by atoms with Crippen LogP contribution in [-0.2, 0) is 0 Å². The molecule has 4 N–H and O–H groups in total. The maximum Gasteiger partial charge on any atom is 0.252 e. The summed E-state index contributed by atoms with van der Waals surface area (Å²) in [5.41, 5.74) is 5.56. The summed E-state index contributed by atoms with van der Waals surface area (Å²) in [4.78, 5) is 11.6. The molecule has 92 valence electrons. The molecule has 0 bridgehead atoms. The summed E-state index contributed by atoms with van der Waals surface area (Å²) in [5, 5.41) is 13.6. The van der Waals surface area contributed by atoms with Crippen LogP contribution in [0.3, 0.4) is 0 Å².